The van der Waals surface area contributed by atoms with Gasteiger partial charge in [-0.15, -0.1) is 0 Å². The van der Waals surface area contributed by atoms with E-state index in [0.717, 1.165) is 18.4 Å². The van der Waals surface area contributed by atoms with E-state index in [1.54, 1.807) is 6.08 Å². The minimum absolute atomic E-state index is 0.883. The van der Waals surface area contributed by atoms with Crippen molar-refractivity contribution < 1.29 is 9.90 Å². The van der Waals surface area contributed by atoms with Crippen LogP contribution in [0.5, 0.6) is 0 Å². The van der Waals surface area contributed by atoms with E-state index in [9.17, 15) is 4.79 Å². The van der Waals surface area contributed by atoms with Crippen LogP contribution >= 0.6 is 0 Å². The molecular formula is C15H24O2. The number of aliphatic carboxylic acids is 1. The highest BCUT2D eigenvalue weighted by Crippen LogP contribution is 2.29. The van der Waals surface area contributed by atoms with Crippen molar-refractivity contribution in [1.29, 1.82) is 0 Å². The van der Waals surface area contributed by atoms with Crippen molar-refractivity contribution in [3.8, 4) is 0 Å². The summed E-state index contributed by atoms with van der Waals surface area (Å²) in [6.07, 6.45) is 18.8. The van der Waals surface area contributed by atoms with Gasteiger partial charge in [-0.05, 0) is 18.8 Å². The van der Waals surface area contributed by atoms with Crippen molar-refractivity contribution >= 4 is 5.97 Å². The van der Waals surface area contributed by atoms with E-state index in [1.165, 1.54) is 51.4 Å². The molecule has 1 rings (SSSR count). The van der Waals surface area contributed by atoms with Gasteiger partial charge in [0, 0.05) is 6.08 Å². The number of unbranched alkanes of at least 4 members (excludes halogenated alkanes) is 3. The Hall–Kier alpha value is -1.05. The second kappa shape index (κ2) is 9.03. The Morgan fingerprint density at radius 2 is 1.88 bits per heavy atom. The number of carboxylic acid groups (broad SMARTS) is 1. The van der Waals surface area contributed by atoms with Crippen LogP contribution in [0.3, 0.4) is 0 Å². The predicted octanol–water partition coefficient (Wildman–Crippen LogP) is 4.32. The lowest BCUT2D eigenvalue weighted by atomic mass is 9.99. The van der Waals surface area contributed by atoms with Gasteiger partial charge >= 0.3 is 5.97 Å². The van der Waals surface area contributed by atoms with Gasteiger partial charge in [0.05, 0.1) is 0 Å². The summed E-state index contributed by atoms with van der Waals surface area (Å²) in [4.78, 5) is 10.2. The van der Waals surface area contributed by atoms with E-state index in [-0.39, 0.29) is 0 Å². The molecule has 0 atom stereocenters. The Labute approximate surface area is 104 Å². The Kier molecular flexibility index (Phi) is 7.44. The first-order valence-electron chi connectivity index (χ1n) is 6.85. The number of rotatable bonds is 8. The zero-order valence-corrected chi connectivity index (χ0v) is 10.6. The summed E-state index contributed by atoms with van der Waals surface area (Å²) < 4.78 is 0. The van der Waals surface area contributed by atoms with Gasteiger partial charge in [-0.1, -0.05) is 63.2 Å². The molecule has 2 nitrogen and oxygen atoms in total. The van der Waals surface area contributed by atoms with Crippen LogP contribution in [-0.4, -0.2) is 11.1 Å². The molecule has 0 spiro atoms. The average molecular weight is 236 g/mol. The van der Waals surface area contributed by atoms with Gasteiger partial charge in [0.15, 0.2) is 0 Å². The molecular weight excluding hydrogens is 212 g/mol. The zero-order valence-electron chi connectivity index (χ0n) is 10.6. The maximum atomic E-state index is 10.2. The first-order chi connectivity index (χ1) is 8.29. The third-order valence-corrected chi connectivity index (χ3v) is 3.44. The van der Waals surface area contributed by atoms with Crippen molar-refractivity contribution in [2.24, 2.45) is 5.92 Å². The lowest BCUT2D eigenvalue weighted by Gasteiger charge is -2.07. The van der Waals surface area contributed by atoms with Gasteiger partial charge in [0.25, 0.3) is 0 Å². The van der Waals surface area contributed by atoms with E-state index in [4.69, 9.17) is 5.11 Å². The molecule has 1 aliphatic rings. The quantitative estimate of drug-likeness (QED) is 0.387. The van der Waals surface area contributed by atoms with Crippen LogP contribution in [0, 0.1) is 5.92 Å². The van der Waals surface area contributed by atoms with Crippen molar-refractivity contribution in [3.63, 3.8) is 0 Å². The SMILES string of the molecule is O=C(O)/C=C/C=C/CCCCCC1CCCC1. The minimum Gasteiger partial charge on any atom is -0.478 e. The van der Waals surface area contributed by atoms with Crippen molar-refractivity contribution in [2.45, 2.75) is 57.8 Å². The molecule has 0 aromatic heterocycles. The van der Waals surface area contributed by atoms with Gasteiger partial charge in [-0.2, -0.15) is 0 Å². The molecule has 96 valence electrons. The minimum atomic E-state index is -0.883. The summed E-state index contributed by atoms with van der Waals surface area (Å²) in [5, 5.41) is 8.37. The third-order valence-electron chi connectivity index (χ3n) is 3.44. The van der Waals surface area contributed by atoms with Crippen LogP contribution in [0.15, 0.2) is 24.3 Å². The van der Waals surface area contributed by atoms with Gasteiger partial charge in [-0.25, -0.2) is 4.79 Å². The largest absolute Gasteiger partial charge is 0.478 e. The fourth-order valence-electron chi connectivity index (χ4n) is 2.48. The molecule has 0 aromatic rings. The molecule has 0 aromatic carbocycles. The van der Waals surface area contributed by atoms with Gasteiger partial charge in [0.2, 0.25) is 0 Å². The summed E-state index contributed by atoms with van der Waals surface area (Å²) >= 11 is 0. The first kappa shape index (κ1) is 14.0. The zero-order chi connectivity index (χ0) is 12.3. The van der Waals surface area contributed by atoms with E-state index >= 15 is 0 Å². The molecule has 1 fully saturated rings. The van der Waals surface area contributed by atoms with E-state index in [2.05, 4.69) is 6.08 Å². The lowest BCUT2D eigenvalue weighted by Crippen LogP contribution is -1.92. The van der Waals surface area contributed by atoms with Crippen LogP contribution in [0.2, 0.25) is 0 Å². The number of carbonyl (C=O) groups is 1. The second-order valence-electron chi connectivity index (χ2n) is 4.91. The fourth-order valence-corrected chi connectivity index (χ4v) is 2.48. The molecule has 1 saturated carbocycles. The molecule has 0 radical (unpaired) electrons. The first-order valence-corrected chi connectivity index (χ1v) is 6.85. The predicted molar refractivity (Wildman–Crippen MR) is 71.0 cm³/mol. The molecule has 17 heavy (non-hydrogen) atoms. The highest BCUT2D eigenvalue weighted by atomic mass is 16.4. The van der Waals surface area contributed by atoms with E-state index in [1.807, 2.05) is 6.08 Å². The topological polar surface area (TPSA) is 37.3 Å². The second-order valence-corrected chi connectivity index (χ2v) is 4.91. The maximum absolute atomic E-state index is 10.2. The highest BCUT2D eigenvalue weighted by Gasteiger charge is 2.13. The fraction of sp³-hybridized carbons (Fsp3) is 0.667. The summed E-state index contributed by atoms with van der Waals surface area (Å²) in [6, 6.07) is 0. The molecule has 0 aliphatic heterocycles. The molecule has 0 heterocycles. The smallest absolute Gasteiger partial charge is 0.328 e. The number of allylic oxidation sites excluding steroid dienone is 3. The van der Waals surface area contributed by atoms with Crippen LogP contribution in [0.25, 0.3) is 0 Å². The molecule has 0 unspecified atom stereocenters. The van der Waals surface area contributed by atoms with Crippen LogP contribution < -0.4 is 0 Å². The van der Waals surface area contributed by atoms with Gasteiger partial charge in [0.1, 0.15) is 0 Å². The van der Waals surface area contributed by atoms with Crippen molar-refractivity contribution in [1.82, 2.24) is 0 Å². The summed E-state index contributed by atoms with van der Waals surface area (Å²) in [6.45, 7) is 0. The van der Waals surface area contributed by atoms with E-state index < -0.39 is 5.97 Å². The number of hydrogen-bond acceptors (Lipinski definition) is 1. The molecule has 0 bridgehead atoms. The highest BCUT2D eigenvalue weighted by molar-refractivity contribution is 5.80. The summed E-state index contributed by atoms with van der Waals surface area (Å²) in [5.41, 5.74) is 0. The Balaban J connectivity index is 1.88. The summed E-state index contributed by atoms with van der Waals surface area (Å²) in [5.74, 6) is 0.134. The number of carboxylic acids is 1. The van der Waals surface area contributed by atoms with E-state index in [0.29, 0.717) is 0 Å². The van der Waals surface area contributed by atoms with Crippen molar-refractivity contribution in [3.05, 3.63) is 24.3 Å². The molecule has 0 amide bonds. The van der Waals surface area contributed by atoms with Crippen LogP contribution in [0.1, 0.15) is 57.8 Å². The van der Waals surface area contributed by atoms with Gasteiger partial charge in [-0.3, -0.25) is 0 Å². The normalized spacial score (nSPS) is 17.4. The molecule has 2 heteroatoms. The third kappa shape index (κ3) is 7.78. The standard InChI is InChI=1S/C15H24O2/c16-15(17)13-7-5-3-1-2-4-6-10-14-11-8-9-12-14/h3,5,7,13-14H,1-2,4,6,8-12H2,(H,16,17)/b5-3+,13-7+. The Bertz CT molecular complexity index is 260. The van der Waals surface area contributed by atoms with Crippen molar-refractivity contribution in [2.75, 3.05) is 0 Å². The molecule has 1 N–H and O–H groups in total. The van der Waals surface area contributed by atoms with Crippen LogP contribution in [0.4, 0.5) is 0 Å². The maximum Gasteiger partial charge on any atom is 0.328 e. The van der Waals surface area contributed by atoms with Crippen LogP contribution in [-0.2, 0) is 4.79 Å². The Morgan fingerprint density at radius 3 is 2.59 bits per heavy atom. The molecule has 1 aliphatic carbocycles. The lowest BCUT2D eigenvalue weighted by molar-refractivity contribution is -0.131. The number of hydrogen-bond donors (Lipinski definition) is 1. The monoisotopic (exact) mass is 236 g/mol. The average Bonchev–Trinajstić information content (AvgIpc) is 2.79. The molecule has 0 saturated heterocycles. The summed E-state index contributed by atoms with van der Waals surface area (Å²) in [7, 11) is 0. The van der Waals surface area contributed by atoms with Gasteiger partial charge < -0.3 is 5.11 Å². The Morgan fingerprint density at radius 1 is 1.12 bits per heavy atom.